The molecule has 20 heavy (non-hydrogen) atoms. The Morgan fingerprint density at radius 2 is 1.95 bits per heavy atom. The van der Waals surface area contributed by atoms with Crippen LogP contribution in [0.3, 0.4) is 0 Å². The molecule has 2 nitrogen and oxygen atoms in total. The van der Waals surface area contributed by atoms with Gasteiger partial charge in [0, 0.05) is 10.4 Å². The van der Waals surface area contributed by atoms with Crippen molar-refractivity contribution < 1.29 is 4.74 Å². The van der Waals surface area contributed by atoms with Gasteiger partial charge in [0.2, 0.25) is 0 Å². The average Bonchev–Trinajstić information content (AvgIpc) is 2.72. The van der Waals surface area contributed by atoms with Crippen LogP contribution in [0.25, 0.3) is 0 Å². The molecule has 108 valence electrons. The number of aryl methyl sites for hydroxylation is 1. The van der Waals surface area contributed by atoms with Crippen LogP contribution in [0.15, 0.2) is 34.1 Å². The fraction of sp³-hybridized carbons (Fsp3) is 0.375. The standard InChI is InChI=1S/C16H20BrNOS/c1-10(2)19-13-8-6-5-7-12(13)15(18-4)14-9-11(3)16(17)20-14/h5-10,15,18H,1-4H3. The predicted octanol–water partition coefficient (Wildman–Crippen LogP) is 4.92. The fourth-order valence-electron chi connectivity index (χ4n) is 2.16. The van der Waals surface area contributed by atoms with Crippen LogP contribution >= 0.6 is 27.3 Å². The first-order chi connectivity index (χ1) is 9.52. The van der Waals surface area contributed by atoms with Crippen LogP contribution in [0.4, 0.5) is 0 Å². The molecule has 0 aliphatic carbocycles. The first-order valence-electron chi connectivity index (χ1n) is 6.71. The Kier molecular flexibility index (Phi) is 5.24. The molecule has 1 N–H and O–H groups in total. The normalized spacial score (nSPS) is 12.7. The molecule has 0 saturated heterocycles. The van der Waals surface area contributed by atoms with Crippen molar-refractivity contribution >= 4 is 27.3 Å². The Labute approximate surface area is 133 Å². The second kappa shape index (κ2) is 6.74. The fourth-order valence-corrected chi connectivity index (χ4v) is 3.86. The maximum absolute atomic E-state index is 5.94. The Morgan fingerprint density at radius 3 is 2.50 bits per heavy atom. The topological polar surface area (TPSA) is 21.3 Å². The van der Waals surface area contributed by atoms with Crippen LogP contribution in [0, 0.1) is 6.92 Å². The van der Waals surface area contributed by atoms with Crippen molar-refractivity contribution in [1.29, 1.82) is 0 Å². The number of nitrogens with one attached hydrogen (secondary N) is 1. The van der Waals surface area contributed by atoms with Crippen LogP contribution in [-0.4, -0.2) is 13.2 Å². The van der Waals surface area contributed by atoms with Gasteiger partial charge in [0.15, 0.2) is 0 Å². The summed E-state index contributed by atoms with van der Waals surface area (Å²) in [6.07, 6.45) is 0.172. The van der Waals surface area contributed by atoms with Gasteiger partial charge in [0.1, 0.15) is 5.75 Å². The molecule has 0 amide bonds. The number of thiophene rings is 1. The van der Waals surface area contributed by atoms with E-state index in [1.54, 1.807) is 11.3 Å². The molecule has 0 aliphatic heterocycles. The van der Waals surface area contributed by atoms with Gasteiger partial charge < -0.3 is 10.1 Å². The molecule has 1 heterocycles. The molecular formula is C16H20BrNOS. The van der Waals surface area contributed by atoms with Gasteiger partial charge in [-0.05, 0) is 61.4 Å². The second-order valence-electron chi connectivity index (χ2n) is 5.03. The lowest BCUT2D eigenvalue weighted by Gasteiger charge is -2.20. The Morgan fingerprint density at radius 1 is 1.25 bits per heavy atom. The molecular weight excluding hydrogens is 334 g/mol. The largest absolute Gasteiger partial charge is 0.491 e. The van der Waals surface area contributed by atoms with E-state index < -0.39 is 0 Å². The average molecular weight is 354 g/mol. The van der Waals surface area contributed by atoms with Gasteiger partial charge in [-0.15, -0.1) is 11.3 Å². The van der Waals surface area contributed by atoms with E-state index >= 15 is 0 Å². The highest BCUT2D eigenvalue weighted by atomic mass is 79.9. The first kappa shape index (κ1) is 15.5. The summed E-state index contributed by atoms with van der Waals surface area (Å²) in [5.41, 5.74) is 2.45. The van der Waals surface area contributed by atoms with Gasteiger partial charge in [-0.2, -0.15) is 0 Å². The molecule has 4 heteroatoms. The summed E-state index contributed by atoms with van der Waals surface area (Å²) in [5.74, 6) is 0.948. The Balaban J connectivity index is 2.41. The van der Waals surface area contributed by atoms with E-state index in [1.165, 1.54) is 19.8 Å². The minimum Gasteiger partial charge on any atom is -0.491 e. The summed E-state index contributed by atoms with van der Waals surface area (Å²) >= 11 is 5.37. The number of ether oxygens (including phenoxy) is 1. The van der Waals surface area contributed by atoms with Crippen LogP contribution in [0.1, 0.15) is 35.9 Å². The summed E-state index contributed by atoms with van der Waals surface area (Å²) in [5, 5.41) is 3.40. The predicted molar refractivity (Wildman–Crippen MR) is 89.9 cm³/mol. The molecule has 0 radical (unpaired) electrons. The van der Waals surface area contributed by atoms with Crippen LogP contribution in [0.5, 0.6) is 5.75 Å². The van der Waals surface area contributed by atoms with Gasteiger partial charge in [0.25, 0.3) is 0 Å². The van der Waals surface area contributed by atoms with Crippen LogP contribution in [0.2, 0.25) is 0 Å². The highest BCUT2D eigenvalue weighted by molar-refractivity contribution is 9.11. The lowest BCUT2D eigenvalue weighted by Crippen LogP contribution is -2.18. The lowest BCUT2D eigenvalue weighted by atomic mass is 10.0. The molecule has 1 unspecified atom stereocenters. The van der Waals surface area contributed by atoms with Gasteiger partial charge in [-0.25, -0.2) is 0 Å². The third-order valence-electron chi connectivity index (χ3n) is 3.04. The molecule has 0 saturated carbocycles. The smallest absolute Gasteiger partial charge is 0.124 e. The van der Waals surface area contributed by atoms with E-state index in [4.69, 9.17) is 4.74 Å². The van der Waals surface area contributed by atoms with E-state index in [0.29, 0.717) is 0 Å². The number of hydrogen-bond donors (Lipinski definition) is 1. The zero-order valence-electron chi connectivity index (χ0n) is 12.2. The first-order valence-corrected chi connectivity index (χ1v) is 8.32. The Hall–Kier alpha value is -0.840. The van der Waals surface area contributed by atoms with E-state index in [0.717, 1.165) is 5.75 Å². The summed E-state index contributed by atoms with van der Waals surface area (Å²) in [7, 11) is 1.99. The van der Waals surface area contributed by atoms with E-state index in [1.807, 2.05) is 19.2 Å². The van der Waals surface area contributed by atoms with Crippen molar-refractivity contribution in [1.82, 2.24) is 5.32 Å². The number of rotatable bonds is 5. The van der Waals surface area contributed by atoms with Crippen LogP contribution < -0.4 is 10.1 Å². The molecule has 0 spiro atoms. The summed E-state index contributed by atoms with van der Waals surface area (Å²) in [6, 6.07) is 10.6. The quantitative estimate of drug-likeness (QED) is 0.823. The van der Waals surface area contributed by atoms with Gasteiger partial charge in [-0.3, -0.25) is 0 Å². The summed E-state index contributed by atoms with van der Waals surface area (Å²) < 4.78 is 7.13. The minimum atomic E-state index is 0.153. The summed E-state index contributed by atoms with van der Waals surface area (Å²) in [6.45, 7) is 6.22. The lowest BCUT2D eigenvalue weighted by molar-refractivity contribution is 0.239. The van der Waals surface area contributed by atoms with E-state index in [9.17, 15) is 0 Å². The minimum absolute atomic E-state index is 0.153. The third-order valence-corrected chi connectivity index (χ3v) is 5.24. The molecule has 0 aliphatic rings. The van der Waals surface area contributed by atoms with E-state index in [2.05, 4.69) is 60.2 Å². The SMILES string of the molecule is CNC(c1cc(C)c(Br)s1)c1ccccc1OC(C)C. The molecule has 0 bridgehead atoms. The molecule has 1 atom stereocenters. The maximum Gasteiger partial charge on any atom is 0.124 e. The molecule has 1 aromatic carbocycles. The van der Waals surface area contributed by atoms with Gasteiger partial charge in [0.05, 0.1) is 15.9 Å². The Bertz CT molecular complexity index is 560. The zero-order valence-corrected chi connectivity index (χ0v) is 14.6. The maximum atomic E-state index is 5.94. The highest BCUT2D eigenvalue weighted by Crippen LogP contribution is 2.37. The van der Waals surface area contributed by atoms with Crippen molar-refractivity contribution in [2.24, 2.45) is 0 Å². The van der Waals surface area contributed by atoms with Crippen molar-refractivity contribution in [3.05, 3.63) is 50.1 Å². The monoisotopic (exact) mass is 353 g/mol. The van der Waals surface area contributed by atoms with Crippen molar-refractivity contribution in [3.8, 4) is 5.75 Å². The molecule has 0 fully saturated rings. The third kappa shape index (κ3) is 3.43. The van der Waals surface area contributed by atoms with Crippen molar-refractivity contribution in [2.45, 2.75) is 32.9 Å². The number of para-hydroxylation sites is 1. The molecule has 1 aromatic heterocycles. The van der Waals surface area contributed by atoms with E-state index in [-0.39, 0.29) is 12.1 Å². The van der Waals surface area contributed by atoms with Gasteiger partial charge >= 0.3 is 0 Å². The number of benzene rings is 1. The van der Waals surface area contributed by atoms with Gasteiger partial charge in [-0.1, -0.05) is 18.2 Å². The van der Waals surface area contributed by atoms with Crippen molar-refractivity contribution in [3.63, 3.8) is 0 Å². The van der Waals surface area contributed by atoms with Crippen LogP contribution in [-0.2, 0) is 0 Å². The molecule has 2 aromatic rings. The summed E-state index contributed by atoms with van der Waals surface area (Å²) in [4.78, 5) is 1.29. The zero-order chi connectivity index (χ0) is 14.7. The van der Waals surface area contributed by atoms with Crippen molar-refractivity contribution in [2.75, 3.05) is 7.05 Å². The number of halogens is 1. The second-order valence-corrected chi connectivity index (χ2v) is 7.43. The highest BCUT2D eigenvalue weighted by Gasteiger charge is 2.19. The number of hydrogen-bond acceptors (Lipinski definition) is 3. The molecule has 2 rings (SSSR count).